The highest BCUT2D eigenvalue weighted by Gasteiger charge is 2.22. The van der Waals surface area contributed by atoms with Gasteiger partial charge < -0.3 is 10.1 Å². The molecule has 1 rings (SSSR count). The van der Waals surface area contributed by atoms with Gasteiger partial charge in [0.1, 0.15) is 5.75 Å². The van der Waals surface area contributed by atoms with Crippen molar-refractivity contribution < 1.29 is 18.3 Å². The Balaban J connectivity index is 2.89. The van der Waals surface area contributed by atoms with E-state index in [-0.39, 0.29) is 12.0 Å². The van der Waals surface area contributed by atoms with Crippen molar-refractivity contribution in [2.45, 2.75) is 25.8 Å². The predicted molar refractivity (Wildman–Crippen MR) is 68.2 cm³/mol. The lowest BCUT2D eigenvalue weighted by Crippen LogP contribution is -2.39. The van der Waals surface area contributed by atoms with Crippen LogP contribution in [0.25, 0.3) is 0 Å². The molecule has 1 atom stereocenters. The molecule has 1 aromatic carbocycles. The Labute approximate surface area is 113 Å². The molecule has 0 aliphatic rings. The van der Waals surface area contributed by atoms with E-state index in [1.54, 1.807) is 19.1 Å². The van der Waals surface area contributed by atoms with Gasteiger partial charge in [-0.15, -0.1) is 0 Å². The monoisotopic (exact) mass is 321 g/mol. The van der Waals surface area contributed by atoms with Crippen LogP contribution in [0.15, 0.2) is 22.7 Å². The first kappa shape index (κ1) is 14.9. The molecular formula is C12H14BrF2NO2. The normalized spacial score (nSPS) is 12.3. The van der Waals surface area contributed by atoms with Crippen molar-refractivity contribution in [1.82, 2.24) is 5.32 Å². The van der Waals surface area contributed by atoms with Gasteiger partial charge in [0, 0.05) is 4.47 Å². The molecule has 0 aromatic heterocycles. The van der Waals surface area contributed by atoms with Crippen molar-refractivity contribution in [1.29, 1.82) is 0 Å². The Morgan fingerprint density at radius 3 is 2.67 bits per heavy atom. The summed E-state index contributed by atoms with van der Waals surface area (Å²) in [5.41, 5.74) is 0.272. The van der Waals surface area contributed by atoms with E-state index in [0.29, 0.717) is 10.2 Å². The highest BCUT2D eigenvalue weighted by molar-refractivity contribution is 9.10. The van der Waals surface area contributed by atoms with Crippen LogP contribution in [0.1, 0.15) is 23.7 Å². The van der Waals surface area contributed by atoms with Gasteiger partial charge in [0.25, 0.3) is 12.3 Å². The molecule has 0 aliphatic carbocycles. The van der Waals surface area contributed by atoms with Crippen molar-refractivity contribution in [2.24, 2.45) is 0 Å². The third kappa shape index (κ3) is 3.66. The number of halogens is 3. The maximum atomic E-state index is 12.6. The Kier molecular flexibility index (Phi) is 5.53. The standard InChI is InChI=1S/C12H14BrF2NO2/c1-3-10(11(14)15)16-12(17)8-6-7(18-2)4-5-9(8)13/h4-6,10-11H,3H2,1-2H3,(H,16,17)/t10-/m0/s1. The number of hydrogen-bond acceptors (Lipinski definition) is 2. The first-order valence-corrected chi connectivity index (χ1v) is 6.21. The third-order valence-electron chi connectivity index (χ3n) is 2.48. The second-order valence-electron chi connectivity index (χ2n) is 3.67. The van der Waals surface area contributed by atoms with Gasteiger partial charge in [-0.1, -0.05) is 6.92 Å². The van der Waals surface area contributed by atoms with Gasteiger partial charge in [-0.05, 0) is 40.5 Å². The molecule has 1 amide bonds. The molecule has 6 heteroatoms. The summed E-state index contributed by atoms with van der Waals surface area (Å²) in [7, 11) is 1.47. The van der Waals surface area contributed by atoms with Crippen LogP contribution < -0.4 is 10.1 Å². The number of alkyl halides is 2. The first-order chi connectivity index (χ1) is 8.49. The zero-order chi connectivity index (χ0) is 13.7. The maximum Gasteiger partial charge on any atom is 0.258 e. The van der Waals surface area contributed by atoms with Gasteiger partial charge in [-0.3, -0.25) is 4.79 Å². The minimum Gasteiger partial charge on any atom is -0.497 e. The van der Waals surface area contributed by atoms with Crippen molar-refractivity contribution in [3.63, 3.8) is 0 Å². The van der Waals surface area contributed by atoms with Gasteiger partial charge in [-0.25, -0.2) is 8.78 Å². The summed E-state index contributed by atoms with van der Waals surface area (Å²) >= 11 is 3.21. The molecule has 0 radical (unpaired) electrons. The minimum absolute atomic E-state index is 0.172. The van der Waals surface area contributed by atoms with Crippen LogP contribution in [-0.2, 0) is 0 Å². The molecule has 1 aromatic rings. The first-order valence-electron chi connectivity index (χ1n) is 5.42. The van der Waals surface area contributed by atoms with Crippen LogP contribution in [0.4, 0.5) is 8.78 Å². The summed E-state index contributed by atoms with van der Waals surface area (Å²) in [5.74, 6) is -0.0543. The number of benzene rings is 1. The van der Waals surface area contributed by atoms with E-state index < -0.39 is 18.4 Å². The lowest BCUT2D eigenvalue weighted by Gasteiger charge is -2.16. The van der Waals surface area contributed by atoms with Crippen molar-refractivity contribution in [3.05, 3.63) is 28.2 Å². The molecule has 0 fully saturated rings. The Morgan fingerprint density at radius 2 is 2.17 bits per heavy atom. The topological polar surface area (TPSA) is 38.3 Å². The second kappa shape index (κ2) is 6.68. The molecule has 0 saturated heterocycles. The number of carbonyl (C=O) groups excluding carboxylic acids is 1. The molecule has 0 bridgehead atoms. The van der Waals surface area contributed by atoms with Crippen molar-refractivity contribution in [3.8, 4) is 5.75 Å². The van der Waals surface area contributed by atoms with Crippen LogP contribution in [0.2, 0.25) is 0 Å². The fraction of sp³-hybridized carbons (Fsp3) is 0.417. The number of nitrogens with one attached hydrogen (secondary N) is 1. The highest BCUT2D eigenvalue weighted by atomic mass is 79.9. The van der Waals surface area contributed by atoms with Crippen LogP contribution in [0.3, 0.4) is 0 Å². The average molecular weight is 322 g/mol. The molecule has 0 spiro atoms. The molecule has 18 heavy (non-hydrogen) atoms. The number of hydrogen-bond donors (Lipinski definition) is 1. The number of rotatable bonds is 5. The summed E-state index contributed by atoms with van der Waals surface area (Å²) in [5, 5.41) is 2.30. The Hall–Kier alpha value is -1.17. The molecule has 100 valence electrons. The fourth-order valence-corrected chi connectivity index (χ4v) is 1.82. The molecule has 0 saturated carbocycles. The summed E-state index contributed by atoms with van der Waals surface area (Å²) in [6.45, 7) is 1.59. The molecule has 1 N–H and O–H groups in total. The van der Waals surface area contributed by atoms with Crippen LogP contribution in [0, 0.1) is 0 Å². The van der Waals surface area contributed by atoms with Gasteiger partial charge in [0.05, 0.1) is 18.7 Å². The SMILES string of the molecule is CC[C@H](NC(=O)c1cc(OC)ccc1Br)C(F)F. The van der Waals surface area contributed by atoms with Crippen LogP contribution >= 0.6 is 15.9 Å². The van der Waals surface area contributed by atoms with E-state index in [4.69, 9.17) is 4.74 Å². The van der Waals surface area contributed by atoms with Crippen molar-refractivity contribution >= 4 is 21.8 Å². The van der Waals surface area contributed by atoms with Gasteiger partial charge in [-0.2, -0.15) is 0 Å². The molecule has 0 aliphatic heterocycles. The van der Waals surface area contributed by atoms with E-state index in [1.165, 1.54) is 13.2 Å². The van der Waals surface area contributed by atoms with E-state index in [9.17, 15) is 13.6 Å². The Morgan fingerprint density at radius 1 is 1.50 bits per heavy atom. The fourth-order valence-electron chi connectivity index (χ4n) is 1.39. The lowest BCUT2D eigenvalue weighted by atomic mass is 10.1. The van der Waals surface area contributed by atoms with E-state index >= 15 is 0 Å². The maximum absolute atomic E-state index is 12.6. The molecule has 0 unspecified atom stereocenters. The average Bonchev–Trinajstić information content (AvgIpc) is 2.35. The van der Waals surface area contributed by atoms with Gasteiger partial charge in [0.15, 0.2) is 0 Å². The van der Waals surface area contributed by atoms with Crippen molar-refractivity contribution in [2.75, 3.05) is 7.11 Å². The number of methoxy groups -OCH3 is 1. The summed E-state index contributed by atoms with van der Waals surface area (Å²) in [6, 6.07) is 3.66. The van der Waals surface area contributed by atoms with E-state index in [0.717, 1.165) is 0 Å². The molecule has 3 nitrogen and oxygen atoms in total. The second-order valence-corrected chi connectivity index (χ2v) is 4.52. The van der Waals surface area contributed by atoms with Crippen LogP contribution in [-0.4, -0.2) is 25.5 Å². The number of amides is 1. The van der Waals surface area contributed by atoms with E-state index in [2.05, 4.69) is 21.2 Å². The summed E-state index contributed by atoms with van der Waals surface area (Å²) < 4.78 is 30.7. The zero-order valence-electron chi connectivity index (χ0n) is 10.0. The largest absolute Gasteiger partial charge is 0.497 e. The predicted octanol–water partition coefficient (Wildman–Crippen LogP) is 3.23. The van der Waals surface area contributed by atoms with Gasteiger partial charge in [0.2, 0.25) is 0 Å². The third-order valence-corrected chi connectivity index (χ3v) is 3.17. The number of carbonyl (C=O) groups is 1. The lowest BCUT2D eigenvalue weighted by molar-refractivity contribution is 0.0736. The quantitative estimate of drug-likeness (QED) is 0.904. The zero-order valence-corrected chi connectivity index (χ0v) is 11.6. The molecule has 0 heterocycles. The highest BCUT2D eigenvalue weighted by Crippen LogP contribution is 2.22. The number of ether oxygens (including phenoxy) is 1. The Bertz CT molecular complexity index is 427. The minimum atomic E-state index is -2.58. The van der Waals surface area contributed by atoms with E-state index in [1.807, 2.05) is 0 Å². The summed E-state index contributed by atoms with van der Waals surface area (Å²) in [6.07, 6.45) is -2.41. The van der Waals surface area contributed by atoms with Gasteiger partial charge >= 0.3 is 0 Å². The van der Waals surface area contributed by atoms with Crippen LogP contribution in [0.5, 0.6) is 5.75 Å². The smallest absolute Gasteiger partial charge is 0.258 e. The summed E-state index contributed by atoms with van der Waals surface area (Å²) in [4.78, 5) is 11.9. The molecular weight excluding hydrogens is 308 g/mol.